The third kappa shape index (κ3) is 1.86. The molecule has 0 aromatic heterocycles. The number of hydrogen-bond donors (Lipinski definition) is 1. The summed E-state index contributed by atoms with van der Waals surface area (Å²) < 4.78 is 17.0. The number of rotatable bonds is 1. The predicted molar refractivity (Wildman–Crippen MR) is 41.1 cm³/mol. The molecule has 0 bridgehead atoms. The van der Waals surface area contributed by atoms with Crippen LogP contribution in [0.3, 0.4) is 0 Å². The summed E-state index contributed by atoms with van der Waals surface area (Å²) in [6, 6.07) is 0. The molecule has 0 saturated heterocycles. The van der Waals surface area contributed by atoms with Crippen LogP contribution in [0.25, 0.3) is 0 Å². The highest BCUT2D eigenvalue weighted by atomic mass is 32.3. The van der Waals surface area contributed by atoms with Gasteiger partial charge in [-0.25, -0.2) is 0 Å². The van der Waals surface area contributed by atoms with Crippen LogP contribution >= 0.6 is 11.9 Å². The third-order valence-corrected chi connectivity index (χ3v) is 3.04. The van der Waals surface area contributed by atoms with E-state index in [1.807, 2.05) is 13.8 Å². The van der Waals surface area contributed by atoms with E-state index in [2.05, 4.69) is 8.53 Å². The second kappa shape index (κ2) is 2.92. The average Bonchev–Trinajstić information content (AvgIpc) is 2.14. The summed E-state index contributed by atoms with van der Waals surface area (Å²) >= 11 is 0.186. The zero-order valence-corrected chi connectivity index (χ0v) is 6.88. The van der Waals surface area contributed by atoms with Crippen LogP contribution in [0, 0.1) is 5.92 Å². The van der Waals surface area contributed by atoms with Gasteiger partial charge in [-0.3, -0.25) is 0 Å². The Morgan fingerprint density at radius 1 is 1.78 bits per heavy atom. The zero-order chi connectivity index (χ0) is 6.85. The van der Waals surface area contributed by atoms with Crippen LogP contribution in [0.15, 0.2) is 4.40 Å². The van der Waals surface area contributed by atoms with Crippen LogP contribution in [-0.4, -0.2) is 9.60 Å². The summed E-state index contributed by atoms with van der Waals surface area (Å²) in [5.41, 5.74) is 0. The molecule has 1 atom stereocenters. The van der Waals surface area contributed by atoms with E-state index in [9.17, 15) is 4.55 Å². The lowest BCUT2D eigenvalue weighted by Crippen LogP contribution is -2.06. The zero-order valence-electron chi connectivity index (χ0n) is 5.25. The van der Waals surface area contributed by atoms with Crippen LogP contribution in [0.5, 0.6) is 0 Å². The van der Waals surface area contributed by atoms with Crippen molar-refractivity contribution in [2.75, 3.05) is 0 Å². The Morgan fingerprint density at radius 3 is 2.67 bits per heavy atom. The molecule has 0 aliphatic carbocycles. The van der Waals surface area contributed by atoms with Gasteiger partial charge in [0.1, 0.15) is 5.04 Å². The number of nitrogens with zero attached hydrogens (tertiary/aromatic N) is 1. The molecule has 0 saturated carbocycles. The van der Waals surface area contributed by atoms with E-state index in [1.54, 1.807) is 0 Å². The van der Waals surface area contributed by atoms with Crippen LogP contribution in [0.4, 0.5) is 0 Å². The summed E-state index contributed by atoms with van der Waals surface area (Å²) in [5.74, 6) is 0.383. The Hall–Kier alpha value is 0.290. The molecular formula is C4H8N2OS2. The lowest BCUT2D eigenvalue weighted by atomic mass is 10.2. The highest BCUT2D eigenvalue weighted by molar-refractivity contribution is 8.21. The molecule has 9 heavy (non-hydrogen) atoms. The minimum atomic E-state index is -1.17. The maximum Gasteiger partial charge on any atom is 0.203 e. The molecule has 0 fully saturated rings. The fraction of sp³-hybridized carbons (Fsp3) is 0.750. The predicted octanol–water partition coefficient (Wildman–Crippen LogP) is 0.871. The maximum atomic E-state index is 10.5. The Bertz CT molecular complexity index is 137. The maximum absolute atomic E-state index is 10.5. The molecule has 0 spiro atoms. The second-order valence-electron chi connectivity index (χ2n) is 2.02. The third-order valence-electron chi connectivity index (χ3n) is 0.884. The van der Waals surface area contributed by atoms with Gasteiger partial charge in [0.05, 0.1) is 0 Å². The van der Waals surface area contributed by atoms with Crippen LogP contribution in [0.2, 0.25) is 0 Å². The van der Waals surface area contributed by atoms with Gasteiger partial charge in [0.2, 0.25) is 11.5 Å². The van der Waals surface area contributed by atoms with E-state index in [0.29, 0.717) is 5.92 Å². The van der Waals surface area contributed by atoms with Crippen molar-refractivity contribution in [2.45, 2.75) is 13.8 Å². The minimum Gasteiger partial charge on any atom is -0.571 e. The molecule has 52 valence electrons. The van der Waals surface area contributed by atoms with Crippen molar-refractivity contribution in [1.29, 1.82) is 0 Å². The molecule has 0 aromatic carbocycles. The van der Waals surface area contributed by atoms with Crippen molar-refractivity contribution >= 4 is 28.5 Å². The monoisotopic (exact) mass is 164 g/mol. The van der Waals surface area contributed by atoms with Gasteiger partial charge in [-0.15, -0.1) is 0 Å². The smallest absolute Gasteiger partial charge is 0.203 e. The van der Waals surface area contributed by atoms with Gasteiger partial charge in [-0.2, -0.15) is 0 Å². The number of hydrogen-bond acceptors (Lipinski definition) is 4. The molecule has 5 heteroatoms. The summed E-state index contributed by atoms with van der Waals surface area (Å²) in [6.07, 6.45) is 0. The minimum absolute atomic E-state index is 0.383. The standard InChI is InChI=1S/C4H8N2OS2/c1-3(2)4-5-9(7)6-8-4/h3,6H,1-2H3. The highest BCUT2D eigenvalue weighted by Crippen LogP contribution is 2.18. The van der Waals surface area contributed by atoms with Crippen molar-refractivity contribution in [1.82, 2.24) is 4.13 Å². The van der Waals surface area contributed by atoms with E-state index < -0.39 is 11.5 Å². The first-order valence-electron chi connectivity index (χ1n) is 2.63. The molecule has 1 N–H and O–H groups in total. The SMILES string of the molecule is CC(C)C1=N[S+]([O-])NS1. The lowest BCUT2D eigenvalue weighted by molar-refractivity contribution is 0.596. The fourth-order valence-corrected chi connectivity index (χ4v) is 2.16. The summed E-state index contributed by atoms with van der Waals surface area (Å²) in [4.78, 5) is 0. The quantitative estimate of drug-likeness (QED) is 0.462. The van der Waals surface area contributed by atoms with Gasteiger partial charge < -0.3 is 4.55 Å². The lowest BCUT2D eigenvalue weighted by Gasteiger charge is -1.94. The van der Waals surface area contributed by atoms with Crippen molar-refractivity contribution in [2.24, 2.45) is 10.3 Å². The molecule has 1 heterocycles. The molecule has 3 nitrogen and oxygen atoms in total. The van der Waals surface area contributed by atoms with E-state index in [0.717, 1.165) is 5.04 Å². The molecule has 1 aliphatic rings. The van der Waals surface area contributed by atoms with Gasteiger partial charge in [0.15, 0.2) is 0 Å². The van der Waals surface area contributed by atoms with Gasteiger partial charge in [-0.05, 0) is 4.40 Å². The van der Waals surface area contributed by atoms with Crippen LogP contribution in [-0.2, 0) is 11.5 Å². The van der Waals surface area contributed by atoms with E-state index in [-0.39, 0.29) is 0 Å². The van der Waals surface area contributed by atoms with E-state index >= 15 is 0 Å². The van der Waals surface area contributed by atoms with Crippen molar-refractivity contribution in [3.63, 3.8) is 0 Å². The number of nitrogens with one attached hydrogen (secondary N) is 1. The highest BCUT2D eigenvalue weighted by Gasteiger charge is 2.21. The molecule has 0 amide bonds. The van der Waals surface area contributed by atoms with Gasteiger partial charge >= 0.3 is 0 Å². The average molecular weight is 164 g/mol. The first-order valence-corrected chi connectivity index (χ1v) is 4.55. The molecular weight excluding hydrogens is 156 g/mol. The summed E-state index contributed by atoms with van der Waals surface area (Å²) in [5, 5.41) is 0.924. The van der Waals surface area contributed by atoms with Crippen LogP contribution in [0.1, 0.15) is 13.8 Å². The Labute approximate surface area is 61.9 Å². The van der Waals surface area contributed by atoms with Crippen molar-refractivity contribution < 1.29 is 4.55 Å². The van der Waals surface area contributed by atoms with Gasteiger partial charge in [0.25, 0.3) is 0 Å². The topological polar surface area (TPSA) is 47.5 Å². The molecule has 1 aliphatic heterocycles. The normalized spacial score (nSPS) is 27.1. The van der Waals surface area contributed by atoms with Crippen LogP contribution < -0.4 is 4.13 Å². The molecule has 1 unspecified atom stereocenters. The van der Waals surface area contributed by atoms with Crippen molar-refractivity contribution in [3.8, 4) is 0 Å². The first kappa shape index (κ1) is 7.40. The molecule has 0 aromatic rings. The Kier molecular flexibility index (Phi) is 2.40. The van der Waals surface area contributed by atoms with E-state index in [1.165, 1.54) is 11.9 Å². The van der Waals surface area contributed by atoms with Gasteiger partial charge in [0, 0.05) is 17.9 Å². The van der Waals surface area contributed by atoms with Gasteiger partial charge in [-0.1, -0.05) is 18.0 Å². The largest absolute Gasteiger partial charge is 0.571 e. The van der Waals surface area contributed by atoms with Crippen molar-refractivity contribution in [3.05, 3.63) is 0 Å². The second-order valence-corrected chi connectivity index (χ2v) is 3.99. The fourth-order valence-electron chi connectivity index (χ4n) is 0.421. The summed E-state index contributed by atoms with van der Waals surface area (Å²) in [6.45, 7) is 4.05. The Balaban J connectivity index is 2.52. The molecule has 0 radical (unpaired) electrons. The molecule has 1 rings (SSSR count). The summed E-state index contributed by atoms with van der Waals surface area (Å²) in [7, 11) is 0. The Morgan fingerprint density at radius 2 is 2.44 bits per heavy atom. The first-order chi connectivity index (χ1) is 4.20. The van der Waals surface area contributed by atoms with E-state index in [4.69, 9.17) is 0 Å².